The Kier molecular flexibility index (Phi) is 21.4. The van der Waals surface area contributed by atoms with Crippen molar-refractivity contribution in [1.82, 2.24) is 0 Å². The molecule has 0 heterocycles. The van der Waals surface area contributed by atoms with Gasteiger partial charge in [-0.05, 0) is 75.5 Å². The van der Waals surface area contributed by atoms with Crippen molar-refractivity contribution in [1.29, 1.82) is 0 Å². The van der Waals surface area contributed by atoms with Crippen LogP contribution in [0.5, 0.6) is 0 Å². The Morgan fingerprint density at radius 3 is 1.13 bits per heavy atom. The van der Waals surface area contributed by atoms with Crippen molar-refractivity contribution < 1.29 is 26.2 Å². The van der Waals surface area contributed by atoms with E-state index in [9.17, 15) is 0 Å². The summed E-state index contributed by atoms with van der Waals surface area (Å²) in [7, 11) is -4.73. The van der Waals surface area contributed by atoms with Crippen molar-refractivity contribution in [3.8, 4) is 0 Å². The van der Waals surface area contributed by atoms with Crippen LogP contribution in [0.1, 0.15) is 97.6 Å². The molecule has 0 bridgehead atoms. The maximum Gasteiger partial charge on any atom is 4.00 e. The Labute approximate surface area is 366 Å². The van der Waals surface area contributed by atoms with Crippen LogP contribution in [0.4, 0.5) is 5.69 Å². The number of hydrogen-bond acceptors (Lipinski definition) is 1. The van der Waals surface area contributed by atoms with Gasteiger partial charge in [-0.25, -0.2) is 0 Å². The van der Waals surface area contributed by atoms with Gasteiger partial charge in [0.1, 0.15) is 0 Å². The minimum atomic E-state index is -2.15. The molecular weight excluding hydrogens is 809 g/mol. The Balaban J connectivity index is 0.00000146. The Bertz CT molecular complexity index is 1470. The molecule has 2 atom stereocenters. The fourth-order valence-corrected chi connectivity index (χ4v) is 12.7. The van der Waals surface area contributed by atoms with E-state index in [1.54, 1.807) is 0 Å². The third-order valence-corrected chi connectivity index (χ3v) is 14.0. The summed E-state index contributed by atoms with van der Waals surface area (Å²) in [5.74, 6) is 2.38. The summed E-state index contributed by atoms with van der Waals surface area (Å²) in [4.78, 5) is 0. The quantitative estimate of drug-likeness (QED) is 0.133. The van der Waals surface area contributed by atoms with Crippen LogP contribution in [-0.2, 0) is 26.2 Å². The van der Waals surface area contributed by atoms with Gasteiger partial charge in [0, 0.05) is 12.7 Å². The molecule has 306 valence electrons. The van der Waals surface area contributed by atoms with Gasteiger partial charge >= 0.3 is 26.2 Å². The zero-order chi connectivity index (χ0) is 40.8. The number of hydrogen-bond donors (Lipinski definition) is 0. The Morgan fingerprint density at radius 2 is 0.855 bits per heavy atom. The molecule has 2 saturated carbocycles. The first kappa shape index (κ1) is 54.4. The van der Waals surface area contributed by atoms with Gasteiger partial charge in [0.05, 0.1) is 5.69 Å². The van der Waals surface area contributed by atoms with Crippen molar-refractivity contribution in [3.63, 3.8) is 0 Å². The second-order valence-electron chi connectivity index (χ2n) is 21.7. The van der Waals surface area contributed by atoms with Crippen molar-refractivity contribution in [3.05, 3.63) is 117 Å². The molecule has 2 unspecified atom stereocenters. The monoisotopic (exact) mass is 891 g/mol. The van der Waals surface area contributed by atoms with Crippen molar-refractivity contribution in [2.75, 3.05) is 0 Å². The number of benzene rings is 3. The van der Waals surface area contributed by atoms with Gasteiger partial charge in [0.2, 0.25) is 0 Å². The summed E-state index contributed by atoms with van der Waals surface area (Å²) < 4.78 is 6.19. The molecule has 3 aromatic carbocycles. The molecule has 6 heteroatoms. The Morgan fingerprint density at radius 1 is 0.564 bits per heavy atom. The maximum atomic E-state index is 6.19. The molecule has 0 radical (unpaired) electrons. The molecule has 2 aliphatic carbocycles. The topological polar surface area (TPSA) is 12.4 Å². The molecule has 2 fully saturated rings. The van der Waals surface area contributed by atoms with E-state index in [1.807, 2.05) is 0 Å². The normalized spacial score (nSPS) is 19.9. The van der Waals surface area contributed by atoms with Gasteiger partial charge in [-0.1, -0.05) is 193 Å². The predicted molar refractivity (Wildman–Crippen MR) is 260 cm³/mol. The van der Waals surface area contributed by atoms with E-state index in [1.165, 1.54) is 46.7 Å². The molecule has 3 aromatic rings. The van der Waals surface area contributed by atoms with Crippen LogP contribution in [0, 0.1) is 49.7 Å². The zero-order valence-electron chi connectivity index (χ0n) is 39.0. The minimum absolute atomic E-state index is 0. The summed E-state index contributed by atoms with van der Waals surface area (Å²) in [6.07, 6.45) is 3.89. The zero-order valence-corrected chi connectivity index (χ0v) is 45.4. The van der Waals surface area contributed by atoms with Crippen LogP contribution in [0.25, 0.3) is 0 Å². The first-order valence-electron chi connectivity index (χ1n) is 20.4. The largest absolute Gasteiger partial charge is 4.00 e. The van der Waals surface area contributed by atoms with Crippen LogP contribution in [0.2, 0.25) is 58.9 Å². The summed E-state index contributed by atoms with van der Waals surface area (Å²) >= 11 is 0. The van der Waals surface area contributed by atoms with Gasteiger partial charge in [0.25, 0.3) is 0 Å². The summed E-state index contributed by atoms with van der Waals surface area (Å²) in [5.41, 5.74) is 5.38. The first-order valence-corrected chi connectivity index (χ1v) is 33.3. The van der Waals surface area contributed by atoms with Gasteiger partial charge in [-0.15, -0.1) is 24.2 Å². The number of rotatable bonds is 6. The SMILES string of the molecule is CC(C)c1cccc(C(C)C)c1N=P(c1ccccc1)(c1ccccc1)C1CC2C(C1)C(C)(C)CC2(C)C.[CH2-][Si](C)(C)C.[CH2-][Si](C)(C)C.[CH2-][Si](C)(C)C.[CH3-].[Zr+4]. The van der Waals surface area contributed by atoms with Crippen LogP contribution < -0.4 is 10.6 Å². The molecule has 2 aliphatic rings. The molecular formula is C49H84NPSi3Zr. The predicted octanol–water partition coefficient (Wildman–Crippen LogP) is 15.8. The van der Waals surface area contributed by atoms with Gasteiger partial charge in [0.15, 0.2) is 0 Å². The molecule has 0 amide bonds. The van der Waals surface area contributed by atoms with Gasteiger partial charge < -0.3 is 27.1 Å². The fraction of sp³-hybridized carbons (Fsp3) is 0.551. The standard InChI is InChI=1S/C36H48NP.3C4H11Si.CH3.Zr/c1-25(2)30-20-15-21-31(26(3)4)34(30)37-38(27-16-11-9-12-17-27,28-18-13-10-14-19-28)29-22-32-33(23-29)36(7,8)24-35(32,5)6;3*1-5(2,3)4;;/h9-21,25-26,29,32-33H,22-24H2,1-8H3;3*1H2,2-4H3;1H3;/q;4*-1;+4. The summed E-state index contributed by atoms with van der Waals surface area (Å²) in [6, 6.07) is 29.8. The second kappa shape index (κ2) is 21.6. The van der Waals surface area contributed by atoms with E-state index < -0.39 is 31.3 Å². The molecule has 0 aromatic heterocycles. The molecule has 1 nitrogen and oxygen atoms in total. The average molecular weight is 894 g/mol. The van der Waals surface area contributed by atoms with Gasteiger partial charge in [-0.3, -0.25) is 4.74 Å². The minimum Gasteiger partial charge on any atom is -0.358 e. The Hall–Kier alpha value is -0.576. The summed E-state index contributed by atoms with van der Waals surface area (Å²) in [5, 5.41) is 2.89. The molecule has 55 heavy (non-hydrogen) atoms. The second-order valence-corrected chi connectivity index (χ2v) is 40.4. The van der Waals surface area contributed by atoms with Crippen LogP contribution in [0.3, 0.4) is 0 Å². The van der Waals surface area contributed by atoms with E-state index in [4.69, 9.17) is 4.74 Å². The number of nitrogens with zero attached hydrogens (tertiary/aromatic N) is 1. The smallest absolute Gasteiger partial charge is 0.358 e. The van der Waals surface area contributed by atoms with Crippen molar-refractivity contribution in [2.45, 2.75) is 151 Å². The molecule has 5 rings (SSSR count). The van der Waals surface area contributed by atoms with Crippen molar-refractivity contribution >= 4 is 47.6 Å². The van der Waals surface area contributed by atoms with E-state index in [2.05, 4.69) is 213 Å². The van der Waals surface area contributed by atoms with Gasteiger partial charge in [-0.2, -0.15) is 0 Å². The van der Waals surface area contributed by atoms with E-state index in [-0.39, 0.29) is 33.6 Å². The van der Waals surface area contributed by atoms with Crippen molar-refractivity contribution in [2.24, 2.45) is 27.4 Å². The van der Waals surface area contributed by atoms with Crippen LogP contribution >= 0.6 is 7.05 Å². The van der Waals surface area contributed by atoms with Crippen LogP contribution in [0.15, 0.2) is 83.6 Å². The fourth-order valence-electron chi connectivity index (χ4n) is 8.34. The first-order chi connectivity index (χ1) is 24.0. The maximum absolute atomic E-state index is 6.19. The molecule has 0 aliphatic heterocycles. The third kappa shape index (κ3) is 17.3. The van der Waals surface area contributed by atoms with E-state index >= 15 is 0 Å². The molecule has 0 saturated heterocycles. The number of fused-ring (bicyclic) bond motifs is 1. The molecule has 0 spiro atoms. The third-order valence-electron chi connectivity index (χ3n) is 9.88. The van der Waals surface area contributed by atoms with E-state index in [0.717, 1.165) is 11.8 Å². The van der Waals surface area contributed by atoms with E-state index in [0.29, 0.717) is 28.3 Å². The van der Waals surface area contributed by atoms with Crippen LogP contribution in [-0.4, -0.2) is 29.9 Å². The average Bonchev–Trinajstić information content (AvgIpc) is 3.52. The summed E-state index contributed by atoms with van der Waals surface area (Å²) in [6.45, 7) is 51.1. The molecule has 0 N–H and O–H groups in total.